The van der Waals surface area contributed by atoms with Crippen LogP contribution in [-0.4, -0.2) is 15.0 Å². The Labute approximate surface area is 97.7 Å². The van der Waals surface area contributed by atoms with Crippen molar-refractivity contribution in [3.05, 3.63) is 36.1 Å². The maximum Gasteiger partial charge on any atom is 0.192 e. The number of imidazole rings is 1. The normalized spacial score (nSPS) is 11.2. The van der Waals surface area contributed by atoms with Crippen molar-refractivity contribution in [1.29, 1.82) is 0 Å². The van der Waals surface area contributed by atoms with E-state index in [1.54, 1.807) is 6.20 Å². The fourth-order valence-electron chi connectivity index (χ4n) is 1.82. The number of hydrogen-bond donors (Lipinski definition) is 2. The van der Waals surface area contributed by atoms with Crippen LogP contribution in [0.4, 0.5) is 0 Å². The molecule has 86 valence electrons. The molecule has 0 unspecified atom stereocenters. The largest absolute Gasteiger partial charge is 0.441 e. The zero-order valence-electron chi connectivity index (χ0n) is 9.40. The van der Waals surface area contributed by atoms with Crippen molar-refractivity contribution >= 4 is 11.1 Å². The number of hydrogen-bond acceptors (Lipinski definition) is 4. The molecular formula is C12H12N4O. The highest BCUT2D eigenvalue weighted by atomic mass is 16.3. The van der Waals surface area contributed by atoms with E-state index in [9.17, 15) is 0 Å². The number of H-pyrrole nitrogens is 1. The summed E-state index contributed by atoms with van der Waals surface area (Å²) in [5.41, 5.74) is 9.11. The number of oxazole rings is 1. The molecule has 17 heavy (non-hydrogen) atoms. The smallest absolute Gasteiger partial charge is 0.192 e. The van der Waals surface area contributed by atoms with Gasteiger partial charge in [0.05, 0.1) is 18.4 Å². The van der Waals surface area contributed by atoms with Gasteiger partial charge in [-0.2, -0.15) is 0 Å². The summed E-state index contributed by atoms with van der Waals surface area (Å²) >= 11 is 0. The average Bonchev–Trinajstić information content (AvgIpc) is 2.92. The van der Waals surface area contributed by atoms with Gasteiger partial charge in [0.1, 0.15) is 11.3 Å². The topological polar surface area (TPSA) is 80.7 Å². The molecule has 0 atom stereocenters. The van der Waals surface area contributed by atoms with E-state index in [2.05, 4.69) is 15.0 Å². The minimum absolute atomic E-state index is 0.406. The highest BCUT2D eigenvalue weighted by molar-refractivity contribution is 5.79. The third-order valence-electron chi connectivity index (χ3n) is 2.63. The van der Waals surface area contributed by atoms with Crippen LogP contribution in [0.25, 0.3) is 22.4 Å². The monoisotopic (exact) mass is 228 g/mol. The fourth-order valence-corrected chi connectivity index (χ4v) is 1.82. The standard InChI is InChI=1S/C12H12N4O/c1-7-15-9-3-2-8(4-11(9)17-7)10-6-14-12(5-13)16-10/h2-4,6H,5,13H2,1H3,(H,14,16). The number of aryl methyl sites for hydroxylation is 1. The van der Waals surface area contributed by atoms with Gasteiger partial charge in [0.25, 0.3) is 0 Å². The molecule has 1 aromatic carbocycles. The number of nitrogens with one attached hydrogen (secondary N) is 1. The summed E-state index contributed by atoms with van der Waals surface area (Å²) in [6.45, 7) is 2.24. The van der Waals surface area contributed by atoms with E-state index in [1.807, 2.05) is 25.1 Å². The van der Waals surface area contributed by atoms with Crippen molar-refractivity contribution < 1.29 is 4.42 Å². The third-order valence-corrected chi connectivity index (χ3v) is 2.63. The lowest BCUT2D eigenvalue weighted by Gasteiger charge is -1.96. The first-order chi connectivity index (χ1) is 8.26. The number of aromatic nitrogens is 3. The van der Waals surface area contributed by atoms with Crippen LogP contribution in [0.3, 0.4) is 0 Å². The zero-order valence-corrected chi connectivity index (χ0v) is 9.40. The molecule has 0 aliphatic heterocycles. The molecule has 0 aliphatic carbocycles. The first-order valence-electron chi connectivity index (χ1n) is 5.38. The van der Waals surface area contributed by atoms with Crippen molar-refractivity contribution in [3.63, 3.8) is 0 Å². The van der Waals surface area contributed by atoms with Crippen molar-refractivity contribution in [2.45, 2.75) is 13.5 Å². The van der Waals surface area contributed by atoms with Crippen molar-refractivity contribution in [3.8, 4) is 11.3 Å². The predicted molar refractivity (Wildman–Crippen MR) is 64.2 cm³/mol. The molecular weight excluding hydrogens is 216 g/mol. The molecule has 3 rings (SSSR count). The van der Waals surface area contributed by atoms with Gasteiger partial charge in [-0.05, 0) is 12.1 Å². The molecule has 2 aromatic heterocycles. The molecule has 0 amide bonds. The van der Waals surface area contributed by atoms with E-state index >= 15 is 0 Å². The summed E-state index contributed by atoms with van der Waals surface area (Å²) in [5, 5.41) is 0. The first-order valence-corrected chi connectivity index (χ1v) is 5.38. The highest BCUT2D eigenvalue weighted by Crippen LogP contribution is 2.23. The molecule has 3 aromatic rings. The number of rotatable bonds is 2. The Morgan fingerprint density at radius 2 is 2.29 bits per heavy atom. The third kappa shape index (κ3) is 1.70. The van der Waals surface area contributed by atoms with E-state index in [0.29, 0.717) is 12.4 Å². The molecule has 3 N–H and O–H groups in total. The number of fused-ring (bicyclic) bond motifs is 1. The van der Waals surface area contributed by atoms with Crippen molar-refractivity contribution in [2.24, 2.45) is 5.73 Å². The second-order valence-electron chi connectivity index (χ2n) is 3.86. The Balaban J connectivity index is 2.10. The Bertz CT molecular complexity index is 668. The molecule has 5 nitrogen and oxygen atoms in total. The van der Waals surface area contributed by atoms with Crippen LogP contribution in [-0.2, 0) is 6.54 Å². The minimum atomic E-state index is 0.406. The van der Waals surface area contributed by atoms with Crippen LogP contribution in [0.2, 0.25) is 0 Å². The maximum atomic E-state index is 5.51. The van der Waals surface area contributed by atoms with Crippen LogP contribution in [0.1, 0.15) is 11.7 Å². The first kappa shape index (κ1) is 10.0. The molecule has 0 saturated carbocycles. The quantitative estimate of drug-likeness (QED) is 0.702. The second-order valence-corrected chi connectivity index (χ2v) is 3.86. The molecule has 0 saturated heterocycles. The molecule has 0 radical (unpaired) electrons. The summed E-state index contributed by atoms with van der Waals surface area (Å²) in [6, 6.07) is 5.87. The zero-order chi connectivity index (χ0) is 11.8. The van der Waals surface area contributed by atoms with E-state index < -0.39 is 0 Å². The SMILES string of the molecule is Cc1nc2ccc(-c3cnc(CN)[nH]3)cc2o1. The Kier molecular flexibility index (Phi) is 2.19. The molecule has 5 heteroatoms. The fraction of sp³-hybridized carbons (Fsp3) is 0.167. The lowest BCUT2D eigenvalue weighted by molar-refractivity contribution is 0.561. The van der Waals surface area contributed by atoms with Crippen molar-refractivity contribution in [2.75, 3.05) is 0 Å². The Morgan fingerprint density at radius 3 is 3.06 bits per heavy atom. The molecule has 0 aliphatic rings. The molecule has 2 heterocycles. The van der Waals surface area contributed by atoms with E-state index in [4.69, 9.17) is 10.2 Å². The van der Waals surface area contributed by atoms with Gasteiger partial charge in [0.2, 0.25) is 0 Å². The second kappa shape index (κ2) is 3.71. The van der Waals surface area contributed by atoms with Crippen LogP contribution in [0.15, 0.2) is 28.8 Å². The summed E-state index contributed by atoms with van der Waals surface area (Å²) in [5.74, 6) is 1.44. The summed E-state index contributed by atoms with van der Waals surface area (Å²) in [4.78, 5) is 11.6. The highest BCUT2D eigenvalue weighted by Gasteiger charge is 2.06. The molecule has 0 fully saturated rings. The Hall–Kier alpha value is -2.14. The van der Waals surface area contributed by atoms with Gasteiger partial charge in [-0.1, -0.05) is 6.07 Å². The average molecular weight is 228 g/mol. The lowest BCUT2D eigenvalue weighted by Crippen LogP contribution is -1.97. The maximum absolute atomic E-state index is 5.51. The van der Waals surface area contributed by atoms with Gasteiger partial charge >= 0.3 is 0 Å². The van der Waals surface area contributed by atoms with E-state index in [0.717, 1.165) is 28.2 Å². The van der Waals surface area contributed by atoms with Crippen LogP contribution in [0, 0.1) is 6.92 Å². The number of benzene rings is 1. The lowest BCUT2D eigenvalue weighted by atomic mass is 10.1. The minimum Gasteiger partial charge on any atom is -0.441 e. The van der Waals surface area contributed by atoms with Crippen LogP contribution < -0.4 is 5.73 Å². The van der Waals surface area contributed by atoms with Gasteiger partial charge in [-0.15, -0.1) is 0 Å². The number of aromatic amines is 1. The Morgan fingerprint density at radius 1 is 1.41 bits per heavy atom. The van der Waals surface area contributed by atoms with Gasteiger partial charge in [-0.3, -0.25) is 0 Å². The van der Waals surface area contributed by atoms with Gasteiger partial charge in [0.15, 0.2) is 11.5 Å². The summed E-state index contributed by atoms with van der Waals surface area (Å²) in [6.07, 6.45) is 1.77. The van der Waals surface area contributed by atoms with E-state index in [-0.39, 0.29) is 0 Å². The summed E-state index contributed by atoms with van der Waals surface area (Å²) in [7, 11) is 0. The van der Waals surface area contributed by atoms with Crippen LogP contribution in [0.5, 0.6) is 0 Å². The molecule has 0 bridgehead atoms. The van der Waals surface area contributed by atoms with Gasteiger partial charge in [0, 0.05) is 12.5 Å². The number of nitrogens with zero attached hydrogens (tertiary/aromatic N) is 2. The molecule has 0 spiro atoms. The summed E-state index contributed by atoms with van der Waals surface area (Å²) < 4.78 is 5.49. The predicted octanol–water partition coefficient (Wildman–Crippen LogP) is 1.99. The van der Waals surface area contributed by atoms with E-state index in [1.165, 1.54) is 0 Å². The number of nitrogens with two attached hydrogens (primary N) is 1. The van der Waals surface area contributed by atoms with Gasteiger partial charge < -0.3 is 15.1 Å². The van der Waals surface area contributed by atoms with Crippen LogP contribution >= 0.6 is 0 Å². The van der Waals surface area contributed by atoms with Gasteiger partial charge in [-0.25, -0.2) is 9.97 Å². The van der Waals surface area contributed by atoms with Crippen molar-refractivity contribution in [1.82, 2.24) is 15.0 Å².